The molecule has 0 atom stereocenters. The van der Waals surface area contributed by atoms with Crippen molar-refractivity contribution in [2.75, 3.05) is 0 Å². The molecule has 0 saturated heterocycles. The number of aryl methyl sites for hydroxylation is 1. The standard InChI is InChI=1S/C13H14N2O3/c1-9-6-11(18-12(9)13(16)17)8-14-7-10-4-2-3-5-15-10/h2-6,14H,7-8H2,1H3,(H,16,17). The number of aromatic nitrogens is 1. The molecule has 0 aromatic carbocycles. The lowest BCUT2D eigenvalue weighted by atomic mass is 10.2. The minimum absolute atomic E-state index is 0.00429. The lowest BCUT2D eigenvalue weighted by Crippen LogP contribution is -2.13. The van der Waals surface area contributed by atoms with Crippen LogP contribution in [0.2, 0.25) is 0 Å². The molecule has 18 heavy (non-hydrogen) atoms. The van der Waals surface area contributed by atoms with Crippen LogP contribution in [0.4, 0.5) is 0 Å². The zero-order chi connectivity index (χ0) is 13.0. The number of pyridine rings is 1. The number of aromatic carboxylic acids is 1. The zero-order valence-electron chi connectivity index (χ0n) is 10.0. The molecule has 2 aromatic heterocycles. The molecular formula is C13H14N2O3. The van der Waals surface area contributed by atoms with Crippen molar-refractivity contribution in [1.82, 2.24) is 10.3 Å². The number of hydrogen-bond acceptors (Lipinski definition) is 4. The molecule has 0 aliphatic carbocycles. The summed E-state index contributed by atoms with van der Waals surface area (Å²) in [6.45, 7) is 2.81. The Labute approximate surface area is 104 Å². The predicted molar refractivity (Wildman–Crippen MR) is 65.2 cm³/mol. The third-order valence-electron chi connectivity index (χ3n) is 2.49. The first-order valence-corrected chi connectivity index (χ1v) is 5.60. The summed E-state index contributed by atoms with van der Waals surface area (Å²) in [4.78, 5) is 15.0. The van der Waals surface area contributed by atoms with E-state index in [9.17, 15) is 4.79 Å². The van der Waals surface area contributed by atoms with Crippen molar-refractivity contribution in [3.05, 3.63) is 53.2 Å². The molecule has 0 saturated carbocycles. The van der Waals surface area contributed by atoms with Crippen LogP contribution in [-0.4, -0.2) is 16.1 Å². The maximum absolute atomic E-state index is 10.8. The minimum atomic E-state index is -1.04. The van der Waals surface area contributed by atoms with Gasteiger partial charge in [0.05, 0.1) is 12.2 Å². The van der Waals surface area contributed by atoms with Crippen LogP contribution >= 0.6 is 0 Å². The number of carboxylic acids is 1. The molecule has 0 spiro atoms. The van der Waals surface area contributed by atoms with Gasteiger partial charge >= 0.3 is 5.97 Å². The molecule has 2 heterocycles. The van der Waals surface area contributed by atoms with Crippen LogP contribution in [0.25, 0.3) is 0 Å². The summed E-state index contributed by atoms with van der Waals surface area (Å²) >= 11 is 0. The summed E-state index contributed by atoms with van der Waals surface area (Å²) in [5.74, 6) is -0.422. The monoisotopic (exact) mass is 246 g/mol. The average molecular weight is 246 g/mol. The van der Waals surface area contributed by atoms with Crippen LogP contribution in [0, 0.1) is 6.92 Å². The van der Waals surface area contributed by atoms with E-state index in [1.54, 1.807) is 19.2 Å². The van der Waals surface area contributed by atoms with Crippen LogP contribution in [-0.2, 0) is 13.1 Å². The van der Waals surface area contributed by atoms with Crippen LogP contribution in [0.1, 0.15) is 27.6 Å². The minimum Gasteiger partial charge on any atom is -0.475 e. The van der Waals surface area contributed by atoms with Gasteiger partial charge in [-0.05, 0) is 25.1 Å². The molecule has 2 N–H and O–H groups in total. The molecule has 2 aromatic rings. The van der Waals surface area contributed by atoms with Gasteiger partial charge in [0.2, 0.25) is 5.76 Å². The predicted octanol–water partition coefficient (Wildman–Crippen LogP) is 1.97. The first kappa shape index (κ1) is 12.3. The van der Waals surface area contributed by atoms with Crippen molar-refractivity contribution >= 4 is 5.97 Å². The molecule has 5 heteroatoms. The number of carboxylic acid groups (broad SMARTS) is 1. The second kappa shape index (κ2) is 5.46. The Morgan fingerprint density at radius 2 is 2.28 bits per heavy atom. The number of nitrogens with one attached hydrogen (secondary N) is 1. The molecule has 5 nitrogen and oxygen atoms in total. The van der Waals surface area contributed by atoms with E-state index < -0.39 is 5.97 Å². The van der Waals surface area contributed by atoms with Gasteiger partial charge in [-0.1, -0.05) is 6.07 Å². The average Bonchev–Trinajstić information content (AvgIpc) is 2.72. The topological polar surface area (TPSA) is 75.4 Å². The molecule has 0 fully saturated rings. The van der Waals surface area contributed by atoms with Crippen LogP contribution in [0.15, 0.2) is 34.9 Å². The SMILES string of the molecule is Cc1cc(CNCc2ccccn2)oc1C(=O)O. The maximum Gasteiger partial charge on any atom is 0.372 e. The molecule has 0 unspecified atom stereocenters. The summed E-state index contributed by atoms with van der Waals surface area (Å²) in [7, 11) is 0. The maximum atomic E-state index is 10.8. The van der Waals surface area contributed by atoms with Crippen molar-refractivity contribution in [2.45, 2.75) is 20.0 Å². The number of hydrogen-bond donors (Lipinski definition) is 2. The highest BCUT2D eigenvalue weighted by Crippen LogP contribution is 2.14. The van der Waals surface area contributed by atoms with E-state index >= 15 is 0 Å². The van der Waals surface area contributed by atoms with Crippen molar-refractivity contribution < 1.29 is 14.3 Å². The lowest BCUT2D eigenvalue weighted by molar-refractivity contribution is 0.0659. The van der Waals surface area contributed by atoms with E-state index in [1.807, 2.05) is 18.2 Å². The summed E-state index contributed by atoms with van der Waals surface area (Å²) < 4.78 is 5.23. The van der Waals surface area contributed by atoms with E-state index in [0.29, 0.717) is 24.4 Å². The van der Waals surface area contributed by atoms with E-state index in [4.69, 9.17) is 9.52 Å². The Balaban J connectivity index is 1.91. The Kier molecular flexibility index (Phi) is 3.74. The third kappa shape index (κ3) is 2.95. The van der Waals surface area contributed by atoms with Crippen LogP contribution in [0.3, 0.4) is 0 Å². The lowest BCUT2D eigenvalue weighted by Gasteiger charge is -2.01. The number of rotatable bonds is 5. The summed E-state index contributed by atoms with van der Waals surface area (Å²) in [6.07, 6.45) is 1.73. The molecular weight excluding hydrogens is 232 g/mol. The smallest absolute Gasteiger partial charge is 0.372 e. The number of nitrogens with zero attached hydrogens (tertiary/aromatic N) is 1. The fourth-order valence-electron chi connectivity index (χ4n) is 1.66. The second-order valence-corrected chi connectivity index (χ2v) is 3.95. The van der Waals surface area contributed by atoms with Crippen molar-refractivity contribution in [1.29, 1.82) is 0 Å². The quantitative estimate of drug-likeness (QED) is 0.843. The second-order valence-electron chi connectivity index (χ2n) is 3.95. The van der Waals surface area contributed by atoms with Gasteiger partial charge < -0.3 is 14.8 Å². The Hall–Kier alpha value is -2.14. The summed E-state index contributed by atoms with van der Waals surface area (Å²) in [6, 6.07) is 7.43. The van der Waals surface area contributed by atoms with E-state index in [1.165, 1.54) is 0 Å². The van der Waals surface area contributed by atoms with Gasteiger partial charge in [-0.2, -0.15) is 0 Å². The Bertz CT molecular complexity index is 534. The Morgan fingerprint density at radius 1 is 1.44 bits per heavy atom. The molecule has 94 valence electrons. The fourth-order valence-corrected chi connectivity index (χ4v) is 1.66. The largest absolute Gasteiger partial charge is 0.475 e. The highest BCUT2D eigenvalue weighted by Gasteiger charge is 2.13. The van der Waals surface area contributed by atoms with Crippen LogP contribution < -0.4 is 5.32 Å². The highest BCUT2D eigenvalue weighted by molar-refractivity contribution is 5.86. The molecule has 0 aliphatic heterocycles. The van der Waals surface area contributed by atoms with Crippen molar-refractivity contribution in [2.24, 2.45) is 0 Å². The highest BCUT2D eigenvalue weighted by atomic mass is 16.4. The van der Waals surface area contributed by atoms with Gasteiger partial charge in [-0.15, -0.1) is 0 Å². The van der Waals surface area contributed by atoms with Crippen LogP contribution in [0.5, 0.6) is 0 Å². The van der Waals surface area contributed by atoms with E-state index in [2.05, 4.69) is 10.3 Å². The number of furan rings is 1. The van der Waals surface area contributed by atoms with Crippen molar-refractivity contribution in [3.63, 3.8) is 0 Å². The van der Waals surface area contributed by atoms with E-state index in [0.717, 1.165) is 5.69 Å². The normalized spacial score (nSPS) is 10.5. The van der Waals surface area contributed by atoms with Gasteiger partial charge in [0.1, 0.15) is 5.76 Å². The zero-order valence-corrected chi connectivity index (χ0v) is 10.0. The summed E-state index contributed by atoms with van der Waals surface area (Å²) in [5.41, 5.74) is 1.57. The van der Waals surface area contributed by atoms with Crippen molar-refractivity contribution in [3.8, 4) is 0 Å². The molecule has 0 aliphatic rings. The number of carbonyl (C=O) groups is 1. The Morgan fingerprint density at radius 3 is 2.89 bits per heavy atom. The van der Waals surface area contributed by atoms with Gasteiger partial charge in [0, 0.05) is 18.3 Å². The van der Waals surface area contributed by atoms with Gasteiger partial charge in [0.25, 0.3) is 0 Å². The summed E-state index contributed by atoms with van der Waals surface area (Å²) in [5, 5.41) is 12.0. The fraction of sp³-hybridized carbons (Fsp3) is 0.231. The third-order valence-corrected chi connectivity index (χ3v) is 2.49. The first-order valence-electron chi connectivity index (χ1n) is 5.60. The van der Waals surface area contributed by atoms with Gasteiger partial charge in [-0.3, -0.25) is 4.98 Å². The first-order chi connectivity index (χ1) is 8.66. The molecule has 0 bridgehead atoms. The molecule has 0 amide bonds. The van der Waals surface area contributed by atoms with Gasteiger partial charge in [0.15, 0.2) is 0 Å². The van der Waals surface area contributed by atoms with E-state index in [-0.39, 0.29) is 5.76 Å². The van der Waals surface area contributed by atoms with Gasteiger partial charge in [-0.25, -0.2) is 4.79 Å². The molecule has 0 radical (unpaired) electrons. The molecule has 2 rings (SSSR count).